The van der Waals surface area contributed by atoms with E-state index in [0.29, 0.717) is 17.7 Å². The highest BCUT2D eigenvalue weighted by molar-refractivity contribution is 6.05. The van der Waals surface area contributed by atoms with Crippen LogP contribution in [0, 0.1) is 11.6 Å². The molecule has 1 atom stereocenters. The maximum Gasteiger partial charge on any atom is 0.258 e. The topological polar surface area (TPSA) is 95.8 Å². The summed E-state index contributed by atoms with van der Waals surface area (Å²) >= 11 is 0. The van der Waals surface area contributed by atoms with Crippen molar-refractivity contribution in [3.63, 3.8) is 0 Å². The molecule has 0 saturated carbocycles. The van der Waals surface area contributed by atoms with E-state index in [0.717, 1.165) is 42.6 Å². The number of carbonyl (C=O) groups excluding carboxylic acids is 3. The van der Waals surface area contributed by atoms with Crippen LogP contribution in [0.2, 0.25) is 0 Å². The molecule has 8 nitrogen and oxygen atoms in total. The number of hydrogen-bond acceptors (Lipinski definition) is 6. The fraction of sp³-hybridized carbons (Fsp3) is 0.385. The third kappa shape index (κ3) is 3.95. The Morgan fingerprint density at radius 3 is 2.64 bits per heavy atom. The van der Waals surface area contributed by atoms with Gasteiger partial charge in [0.25, 0.3) is 5.91 Å². The maximum absolute atomic E-state index is 15.0. The molecule has 3 aromatic rings. The van der Waals surface area contributed by atoms with Gasteiger partial charge in [-0.1, -0.05) is 11.2 Å². The number of aromatic nitrogens is 1. The lowest BCUT2D eigenvalue weighted by molar-refractivity contribution is -0.136. The number of hydrogen-bond donors (Lipinski definition) is 1. The second-order valence-electron chi connectivity index (χ2n) is 9.77. The van der Waals surface area contributed by atoms with Gasteiger partial charge in [-0.25, -0.2) is 8.78 Å². The zero-order valence-corrected chi connectivity index (χ0v) is 19.4. The summed E-state index contributed by atoms with van der Waals surface area (Å²) in [5.74, 6) is -2.13. The van der Waals surface area contributed by atoms with Crippen LogP contribution in [0.1, 0.15) is 58.8 Å². The highest BCUT2D eigenvalue weighted by Crippen LogP contribution is 2.34. The van der Waals surface area contributed by atoms with Gasteiger partial charge in [0.1, 0.15) is 17.7 Å². The minimum absolute atomic E-state index is 0.0107. The van der Waals surface area contributed by atoms with Gasteiger partial charge in [0.15, 0.2) is 5.58 Å². The van der Waals surface area contributed by atoms with E-state index in [1.54, 1.807) is 6.07 Å². The van der Waals surface area contributed by atoms with E-state index in [9.17, 15) is 18.8 Å². The Morgan fingerprint density at radius 1 is 1.06 bits per heavy atom. The minimum Gasteiger partial charge on any atom is -0.356 e. The van der Waals surface area contributed by atoms with E-state index < -0.39 is 23.7 Å². The number of likely N-dealkylation sites (tertiary alicyclic amines) is 1. The van der Waals surface area contributed by atoms with Crippen LogP contribution < -0.4 is 5.32 Å². The molecule has 1 unspecified atom stereocenters. The van der Waals surface area contributed by atoms with Crippen LogP contribution in [0.3, 0.4) is 0 Å². The van der Waals surface area contributed by atoms with Crippen LogP contribution >= 0.6 is 0 Å². The van der Waals surface area contributed by atoms with Crippen LogP contribution in [0.25, 0.3) is 11.0 Å². The van der Waals surface area contributed by atoms with Gasteiger partial charge >= 0.3 is 0 Å². The largest absolute Gasteiger partial charge is 0.356 e. The molecule has 36 heavy (non-hydrogen) atoms. The molecule has 2 fully saturated rings. The Bertz CT molecular complexity index is 1400. The molecular weight excluding hydrogens is 470 g/mol. The van der Waals surface area contributed by atoms with Crippen LogP contribution in [-0.4, -0.2) is 51.8 Å². The summed E-state index contributed by atoms with van der Waals surface area (Å²) in [5.41, 5.74) is 2.64. The summed E-state index contributed by atoms with van der Waals surface area (Å²) in [7, 11) is 0. The van der Waals surface area contributed by atoms with Gasteiger partial charge in [0.05, 0.1) is 11.3 Å². The molecule has 4 heterocycles. The molecule has 1 N–H and O–H groups in total. The van der Waals surface area contributed by atoms with Crippen molar-refractivity contribution in [1.82, 2.24) is 20.3 Å². The molecule has 2 aromatic carbocycles. The lowest BCUT2D eigenvalue weighted by Crippen LogP contribution is -2.52. The van der Waals surface area contributed by atoms with Gasteiger partial charge in [0.2, 0.25) is 11.8 Å². The van der Waals surface area contributed by atoms with E-state index in [1.165, 1.54) is 23.1 Å². The number of imide groups is 1. The summed E-state index contributed by atoms with van der Waals surface area (Å²) in [6, 6.07) is 6.93. The molecule has 0 radical (unpaired) electrons. The Kier molecular flexibility index (Phi) is 5.55. The molecule has 0 bridgehead atoms. The number of carbonyl (C=O) groups is 3. The van der Waals surface area contributed by atoms with Gasteiger partial charge in [-0.3, -0.25) is 24.6 Å². The van der Waals surface area contributed by atoms with Crippen molar-refractivity contribution in [2.24, 2.45) is 0 Å². The number of rotatable bonds is 4. The second kappa shape index (κ2) is 8.77. The molecular formula is C26H24F2N4O4. The predicted octanol–water partition coefficient (Wildman–Crippen LogP) is 3.25. The smallest absolute Gasteiger partial charge is 0.258 e. The standard InChI is InChI=1S/C26H24F2N4O4/c27-17-1-2-18-21(11-17)36-30-24(18)15-5-7-31(8-6-15)12-14-9-16-13-32(26(35)23(16)19(28)10-14)20-3-4-22(33)29-25(20)34/h1-2,9-11,15,20H,3-8,12-13H2,(H,29,33,34). The summed E-state index contributed by atoms with van der Waals surface area (Å²) in [6.07, 6.45) is 2.08. The van der Waals surface area contributed by atoms with E-state index in [2.05, 4.69) is 15.4 Å². The predicted molar refractivity (Wildman–Crippen MR) is 124 cm³/mol. The lowest BCUT2D eigenvalue weighted by Gasteiger charge is -2.31. The number of piperidine rings is 2. The van der Waals surface area contributed by atoms with Crippen LogP contribution in [0.15, 0.2) is 34.9 Å². The highest BCUT2D eigenvalue weighted by atomic mass is 19.1. The van der Waals surface area contributed by atoms with Gasteiger partial charge in [-0.15, -0.1) is 0 Å². The molecule has 0 aliphatic carbocycles. The van der Waals surface area contributed by atoms with Crippen molar-refractivity contribution in [3.8, 4) is 0 Å². The molecule has 186 valence electrons. The van der Waals surface area contributed by atoms with Crippen molar-refractivity contribution in [2.45, 2.75) is 50.7 Å². The fourth-order valence-corrected chi connectivity index (χ4v) is 5.66. The summed E-state index contributed by atoms with van der Waals surface area (Å²) in [6.45, 7) is 2.24. The van der Waals surface area contributed by atoms with Gasteiger partial charge in [-0.2, -0.15) is 0 Å². The first-order chi connectivity index (χ1) is 17.4. The Hall–Kier alpha value is -3.66. The second-order valence-corrected chi connectivity index (χ2v) is 9.77. The minimum atomic E-state index is -0.770. The van der Waals surface area contributed by atoms with Crippen LogP contribution in [0.5, 0.6) is 0 Å². The van der Waals surface area contributed by atoms with Crippen LogP contribution in [0.4, 0.5) is 8.78 Å². The Morgan fingerprint density at radius 2 is 1.86 bits per heavy atom. The third-order valence-electron chi connectivity index (χ3n) is 7.48. The number of nitrogens with one attached hydrogen (secondary N) is 1. The zero-order chi connectivity index (χ0) is 25.0. The number of nitrogens with zero attached hydrogens (tertiary/aromatic N) is 3. The first-order valence-corrected chi connectivity index (χ1v) is 12.1. The number of fused-ring (bicyclic) bond motifs is 2. The maximum atomic E-state index is 15.0. The lowest BCUT2D eigenvalue weighted by atomic mass is 9.91. The number of halogens is 2. The van der Waals surface area contributed by atoms with E-state index in [-0.39, 0.29) is 42.6 Å². The molecule has 1 aromatic heterocycles. The molecule has 3 aliphatic rings. The van der Waals surface area contributed by atoms with Crippen molar-refractivity contribution in [1.29, 1.82) is 0 Å². The Labute approximate surface area is 205 Å². The van der Waals surface area contributed by atoms with E-state index in [1.807, 2.05) is 6.07 Å². The molecule has 3 aliphatic heterocycles. The summed E-state index contributed by atoms with van der Waals surface area (Å²) < 4.78 is 33.8. The number of amides is 3. The molecule has 10 heteroatoms. The third-order valence-corrected chi connectivity index (χ3v) is 7.48. The van der Waals surface area contributed by atoms with Crippen LogP contribution in [-0.2, 0) is 22.7 Å². The van der Waals surface area contributed by atoms with Gasteiger partial charge in [0, 0.05) is 36.9 Å². The quantitative estimate of drug-likeness (QED) is 0.560. The first kappa shape index (κ1) is 22.8. The Balaban J connectivity index is 1.13. The van der Waals surface area contributed by atoms with E-state index in [4.69, 9.17) is 4.52 Å². The average molecular weight is 494 g/mol. The SMILES string of the molecule is O=C1CCC(N2Cc3cc(CN4CCC(c5noc6cc(F)ccc56)CC4)cc(F)c3C2=O)C(=O)N1. The normalized spacial score (nSPS) is 21.3. The zero-order valence-electron chi connectivity index (χ0n) is 19.4. The van der Waals surface area contributed by atoms with Crippen molar-refractivity contribution in [3.05, 3.63) is 64.4 Å². The monoisotopic (exact) mass is 494 g/mol. The number of benzene rings is 2. The molecule has 2 saturated heterocycles. The highest BCUT2D eigenvalue weighted by Gasteiger charge is 2.40. The van der Waals surface area contributed by atoms with E-state index >= 15 is 4.39 Å². The molecule has 0 spiro atoms. The van der Waals surface area contributed by atoms with Gasteiger partial charge in [-0.05, 0) is 61.7 Å². The van der Waals surface area contributed by atoms with Crippen molar-refractivity contribution < 1.29 is 27.7 Å². The molecule has 3 amide bonds. The van der Waals surface area contributed by atoms with Crippen molar-refractivity contribution >= 4 is 28.7 Å². The molecule has 6 rings (SSSR count). The van der Waals surface area contributed by atoms with Gasteiger partial charge < -0.3 is 9.42 Å². The average Bonchev–Trinajstić information content (AvgIpc) is 3.40. The van der Waals surface area contributed by atoms with Crippen molar-refractivity contribution in [2.75, 3.05) is 13.1 Å². The first-order valence-electron chi connectivity index (χ1n) is 12.1. The summed E-state index contributed by atoms with van der Waals surface area (Å²) in [4.78, 5) is 40.2. The summed E-state index contributed by atoms with van der Waals surface area (Å²) in [5, 5.41) is 7.28. The fourth-order valence-electron chi connectivity index (χ4n) is 5.66.